The van der Waals surface area contributed by atoms with E-state index in [1.165, 1.54) is 22.3 Å². The quantitative estimate of drug-likeness (QED) is 0.234. The summed E-state index contributed by atoms with van der Waals surface area (Å²) in [7, 11) is 0. The molecule has 4 heteroatoms. The molecule has 6 aromatic rings. The Morgan fingerprint density at radius 1 is 0.475 bits per heavy atom. The second-order valence-corrected chi connectivity index (χ2v) is 10.6. The number of nitrogens with zero attached hydrogens (tertiary/aromatic N) is 4. The lowest BCUT2D eigenvalue weighted by molar-refractivity contribution is 0.632. The van der Waals surface area contributed by atoms with Crippen LogP contribution < -0.4 is 4.90 Å². The number of anilines is 3. The van der Waals surface area contributed by atoms with Gasteiger partial charge in [0.1, 0.15) is 0 Å². The lowest BCUT2D eigenvalue weighted by atomic mass is 9.71. The smallest absolute Gasteiger partial charge is 0.238 e. The van der Waals surface area contributed by atoms with Gasteiger partial charge in [-0.3, -0.25) is 4.90 Å². The van der Waals surface area contributed by atoms with Crippen molar-refractivity contribution in [2.24, 2.45) is 0 Å². The van der Waals surface area contributed by atoms with Crippen LogP contribution in [0.1, 0.15) is 25.0 Å². The fourth-order valence-corrected chi connectivity index (χ4v) is 5.82. The van der Waals surface area contributed by atoms with Crippen LogP contribution in [0, 0.1) is 0 Å². The third-order valence-electron chi connectivity index (χ3n) is 7.70. The summed E-state index contributed by atoms with van der Waals surface area (Å²) in [4.78, 5) is 17.3. The summed E-state index contributed by atoms with van der Waals surface area (Å²) >= 11 is 0. The fraction of sp³-hybridized carbons (Fsp3) is 0.0833. The molecule has 2 heterocycles. The molecular formula is C36H28N4. The van der Waals surface area contributed by atoms with Crippen LogP contribution in [0.3, 0.4) is 0 Å². The van der Waals surface area contributed by atoms with Crippen molar-refractivity contribution in [1.29, 1.82) is 0 Å². The van der Waals surface area contributed by atoms with Gasteiger partial charge in [0.25, 0.3) is 0 Å². The maximum atomic E-state index is 5.10. The standard InChI is InChI=1S/C36H28N4/c1-36(2)29-22-12-13-23-30(29)40(31-24-14-21-28(32(31)36)25-15-6-3-7-16-25)35-38-33(26-17-8-4-9-18-26)37-34(39-35)27-19-10-5-11-20-27/h3-24H,1-2H3. The summed E-state index contributed by atoms with van der Waals surface area (Å²) in [6, 6.07) is 46.0. The first-order valence-electron chi connectivity index (χ1n) is 13.6. The van der Waals surface area contributed by atoms with Crippen LogP contribution in [0.4, 0.5) is 17.3 Å². The van der Waals surface area contributed by atoms with Gasteiger partial charge in [-0.25, -0.2) is 4.98 Å². The van der Waals surface area contributed by atoms with Crippen molar-refractivity contribution >= 4 is 17.3 Å². The molecule has 0 N–H and O–H groups in total. The van der Waals surface area contributed by atoms with Gasteiger partial charge < -0.3 is 0 Å². The number of para-hydroxylation sites is 1. The molecular weight excluding hydrogens is 488 g/mol. The van der Waals surface area contributed by atoms with Crippen LogP contribution in [0.25, 0.3) is 33.9 Å². The van der Waals surface area contributed by atoms with Gasteiger partial charge in [-0.05, 0) is 34.4 Å². The Bertz CT molecular complexity index is 1760. The first-order valence-corrected chi connectivity index (χ1v) is 13.6. The van der Waals surface area contributed by atoms with Crippen LogP contribution in [0.2, 0.25) is 0 Å². The molecule has 4 nitrogen and oxygen atoms in total. The Morgan fingerprint density at radius 3 is 1.57 bits per heavy atom. The van der Waals surface area contributed by atoms with Crippen LogP contribution in [0.5, 0.6) is 0 Å². The zero-order valence-corrected chi connectivity index (χ0v) is 22.5. The van der Waals surface area contributed by atoms with Crippen molar-refractivity contribution in [3.05, 3.63) is 145 Å². The maximum Gasteiger partial charge on any atom is 0.238 e. The summed E-state index contributed by atoms with van der Waals surface area (Å²) in [5.41, 5.74) is 8.70. The van der Waals surface area contributed by atoms with Crippen molar-refractivity contribution in [2.45, 2.75) is 19.3 Å². The summed E-state index contributed by atoms with van der Waals surface area (Å²) in [6.07, 6.45) is 0. The minimum atomic E-state index is -0.244. The average molecular weight is 517 g/mol. The van der Waals surface area contributed by atoms with E-state index < -0.39 is 0 Å². The Balaban J connectivity index is 1.53. The first kappa shape index (κ1) is 24.0. The van der Waals surface area contributed by atoms with Crippen molar-refractivity contribution in [3.63, 3.8) is 0 Å². The van der Waals surface area contributed by atoms with Gasteiger partial charge in [-0.15, -0.1) is 0 Å². The van der Waals surface area contributed by atoms with E-state index in [4.69, 9.17) is 15.0 Å². The molecule has 1 aliphatic rings. The van der Waals surface area contributed by atoms with Crippen molar-refractivity contribution in [1.82, 2.24) is 15.0 Å². The zero-order chi connectivity index (χ0) is 27.1. The van der Waals surface area contributed by atoms with E-state index in [1.807, 2.05) is 60.7 Å². The molecule has 0 saturated heterocycles. The number of benzene rings is 5. The molecule has 5 aromatic carbocycles. The molecule has 7 rings (SSSR count). The molecule has 0 bridgehead atoms. The molecule has 1 aliphatic heterocycles. The molecule has 0 spiro atoms. The fourth-order valence-electron chi connectivity index (χ4n) is 5.82. The van der Waals surface area contributed by atoms with E-state index in [0.29, 0.717) is 17.6 Å². The first-order chi connectivity index (χ1) is 19.6. The van der Waals surface area contributed by atoms with Crippen LogP contribution in [0.15, 0.2) is 133 Å². The Morgan fingerprint density at radius 2 is 0.975 bits per heavy atom. The molecule has 0 amide bonds. The van der Waals surface area contributed by atoms with Crippen LogP contribution in [-0.2, 0) is 5.41 Å². The van der Waals surface area contributed by atoms with Gasteiger partial charge in [0.15, 0.2) is 11.6 Å². The molecule has 0 aliphatic carbocycles. The average Bonchev–Trinajstić information content (AvgIpc) is 3.02. The number of rotatable bonds is 4. The van der Waals surface area contributed by atoms with Crippen molar-refractivity contribution in [3.8, 4) is 33.9 Å². The highest BCUT2D eigenvalue weighted by molar-refractivity contribution is 5.89. The van der Waals surface area contributed by atoms with E-state index in [1.54, 1.807) is 0 Å². The van der Waals surface area contributed by atoms with E-state index in [9.17, 15) is 0 Å². The zero-order valence-electron chi connectivity index (χ0n) is 22.5. The molecule has 0 radical (unpaired) electrons. The molecule has 0 saturated carbocycles. The largest absolute Gasteiger partial charge is 0.278 e. The lowest BCUT2D eigenvalue weighted by Gasteiger charge is -2.42. The summed E-state index contributed by atoms with van der Waals surface area (Å²) in [5.74, 6) is 1.89. The van der Waals surface area contributed by atoms with E-state index in [-0.39, 0.29) is 5.41 Å². The summed E-state index contributed by atoms with van der Waals surface area (Å²) in [6.45, 7) is 4.62. The number of hydrogen-bond acceptors (Lipinski definition) is 4. The lowest BCUT2D eigenvalue weighted by Crippen LogP contribution is -2.32. The molecule has 1 aromatic heterocycles. The number of aromatic nitrogens is 3. The molecule has 0 unspecified atom stereocenters. The van der Waals surface area contributed by atoms with Gasteiger partial charge in [-0.1, -0.05) is 135 Å². The predicted octanol–water partition coefficient (Wildman–Crippen LogP) is 8.98. The van der Waals surface area contributed by atoms with Crippen molar-refractivity contribution < 1.29 is 0 Å². The van der Waals surface area contributed by atoms with Gasteiger partial charge in [0.05, 0.1) is 11.4 Å². The second kappa shape index (κ2) is 9.58. The normalized spacial score (nSPS) is 13.4. The third-order valence-corrected chi connectivity index (χ3v) is 7.70. The summed E-state index contributed by atoms with van der Waals surface area (Å²) < 4.78 is 0. The van der Waals surface area contributed by atoms with Gasteiger partial charge in [-0.2, -0.15) is 9.97 Å². The van der Waals surface area contributed by atoms with Crippen molar-refractivity contribution in [2.75, 3.05) is 4.90 Å². The highest BCUT2D eigenvalue weighted by Gasteiger charge is 2.39. The Labute approximate surface area is 234 Å². The third kappa shape index (κ3) is 3.97. The maximum absolute atomic E-state index is 5.10. The second-order valence-electron chi connectivity index (χ2n) is 10.6. The topological polar surface area (TPSA) is 41.9 Å². The Hall–Kier alpha value is -5.09. The molecule has 0 fully saturated rings. The van der Waals surface area contributed by atoms with Gasteiger partial charge in [0, 0.05) is 16.5 Å². The highest BCUT2D eigenvalue weighted by atomic mass is 15.3. The van der Waals surface area contributed by atoms with Gasteiger partial charge in [0.2, 0.25) is 5.95 Å². The van der Waals surface area contributed by atoms with Crippen LogP contribution in [-0.4, -0.2) is 15.0 Å². The minimum absolute atomic E-state index is 0.244. The molecule has 0 atom stereocenters. The minimum Gasteiger partial charge on any atom is -0.278 e. The van der Waals surface area contributed by atoms with Crippen LogP contribution >= 0.6 is 0 Å². The Kier molecular flexibility index (Phi) is 5.75. The van der Waals surface area contributed by atoms with Gasteiger partial charge >= 0.3 is 0 Å². The van der Waals surface area contributed by atoms with E-state index >= 15 is 0 Å². The SMILES string of the molecule is CC1(C)c2ccccc2N(c2nc(-c3ccccc3)nc(-c3ccccc3)n2)c2cccc(-c3ccccc3)c21. The monoisotopic (exact) mass is 516 g/mol. The molecule has 40 heavy (non-hydrogen) atoms. The molecule has 192 valence electrons. The summed E-state index contributed by atoms with van der Waals surface area (Å²) in [5, 5.41) is 0. The van der Waals surface area contributed by atoms with E-state index in [0.717, 1.165) is 22.5 Å². The van der Waals surface area contributed by atoms with E-state index in [2.05, 4.69) is 91.5 Å². The predicted molar refractivity (Wildman–Crippen MR) is 163 cm³/mol. The number of fused-ring (bicyclic) bond motifs is 2. The highest BCUT2D eigenvalue weighted by Crippen LogP contribution is 2.54. The number of hydrogen-bond donors (Lipinski definition) is 0.